The summed E-state index contributed by atoms with van der Waals surface area (Å²) in [5, 5.41) is 5.92. The first kappa shape index (κ1) is 19.2. The van der Waals surface area contributed by atoms with Gasteiger partial charge in [0, 0.05) is 29.6 Å². The van der Waals surface area contributed by atoms with Crippen LogP contribution in [0.4, 0.5) is 0 Å². The molecule has 5 nitrogen and oxygen atoms in total. The molecule has 2 heterocycles. The fourth-order valence-corrected chi connectivity index (χ4v) is 4.28. The SMILES string of the molecule is Cn1nc(C2CCN(Cc3ccc(Cl)cc3Cl)CC2)n(-c2ccccc2)c1=O. The van der Waals surface area contributed by atoms with Crippen LogP contribution in [-0.4, -0.2) is 32.3 Å². The number of para-hydroxylation sites is 1. The van der Waals surface area contributed by atoms with Gasteiger partial charge in [-0.3, -0.25) is 4.90 Å². The van der Waals surface area contributed by atoms with Crippen molar-refractivity contribution in [3.05, 3.63) is 80.4 Å². The monoisotopic (exact) mass is 416 g/mol. The molecule has 146 valence electrons. The molecule has 0 aliphatic carbocycles. The Hall–Kier alpha value is -2.08. The van der Waals surface area contributed by atoms with Gasteiger partial charge in [-0.15, -0.1) is 0 Å². The van der Waals surface area contributed by atoms with Gasteiger partial charge in [-0.1, -0.05) is 47.5 Å². The van der Waals surface area contributed by atoms with Crippen molar-refractivity contribution in [2.45, 2.75) is 25.3 Å². The molecule has 1 aromatic heterocycles. The number of benzene rings is 2. The van der Waals surface area contributed by atoms with Crippen molar-refractivity contribution in [1.82, 2.24) is 19.2 Å². The van der Waals surface area contributed by atoms with E-state index in [0.717, 1.165) is 49.6 Å². The second-order valence-corrected chi connectivity index (χ2v) is 8.07. The van der Waals surface area contributed by atoms with Gasteiger partial charge in [0.15, 0.2) is 0 Å². The van der Waals surface area contributed by atoms with E-state index in [-0.39, 0.29) is 11.6 Å². The number of halogens is 2. The van der Waals surface area contributed by atoms with Gasteiger partial charge in [-0.2, -0.15) is 5.10 Å². The highest BCUT2D eigenvalue weighted by Gasteiger charge is 2.27. The Balaban J connectivity index is 1.50. The van der Waals surface area contributed by atoms with E-state index < -0.39 is 0 Å². The minimum Gasteiger partial charge on any atom is -0.299 e. The molecule has 1 aliphatic rings. The zero-order valence-corrected chi connectivity index (χ0v) is 17.2. The van der Waals surface area contributed by atoms with Crippen LogP contribution >= 0.6 is 23.2 Å². The molecule has 28 heavy (non-hydrogen) atoms. The van der Waals surface area contributed by atoms with Gasteiger partial charge in [0.2, 0.25) is 0 Å². The quantitative estimate of drug-likeness (QED) is 0.637. The molecule has 1 aliphatic heterocycles. The second-order valence-electron chi connectivity index (χ2n) is 7.22. The first-order valence-corrected chi connectivity index (χ1v) is 10.2. The molecule has 0 unspecified atom stereocenters. The summed E-state index contributed by atoms with van der Waals surface area (Å²) >= 11 is 12.3. The summed E-state index contributed by atoms with van der Waals surface area (Å²) < 4.78 is 3.18. The Morgan fingerprint density at radius 2 is 1.79 bits per heavy atom. The maximum absolute atomic E-state index is 12.6. The Morgan fingerprint density at radius 3 is 2.46 bits per heavy atom. The van der Waals surface area contributed by atoms with Crippen LogP contribution in [0.3, 0.4) is 0 Å². The molecule has 0 bridgehead atoms. The van der Waals surface area contributed by atoms with E-state index in [1.54, 1.807) is 17.7 Å². The van der Waals surface area contributed by atoms with Gasteiger partial charge in [0.1, 0.15) is 5.82 Å². The molecule has 7 heteroatoms. The number of hydrogen-bond donors (Lipinski definition) is 0. The maximum atomic E-state index is 12.6. The fourth-order valence-electron chi connectivity index (χ4n) is 3.81. The number of likely N-dealkylation sites (tertiary alicyclic amines) is 1. The summed E-state index contributed by atoms with van der Waals surface area (Å²) in [6, 6.07) is 15.4. The van der Waals surface area contributed by atoms with Gasteiger partial charge >= 0.3 is 5.69 Å². The standard InChI is InChI=1S/C21H22Cl2N4O/c1-25-21(28)27(18-5-3-2-4-6-18)20(24-25)15-9-11-26(12-10-15)14-16-7-8-17(22)13-19(16)23/h2-8,13,15H,9-12,14H2,1H3. The van der Waals surface area contributed by atoms with Gasteiger partial charge < -0.3 is 0 Å². The number of rotatable bonds is 4. The van der Waals surface area contributed by atoms with E-state index in [0.29, 0.717) is 10.0 Å². The molecule has 4 rings (SSSR count). The molecule has 0 atom stereocenters. The van der Waals surface area contributed by atoms with Crippen LogP contribution in [0, 0.1) is 0 Å². The molecule has 3 aromatic rings. The van der Waals surface area contributed by atoms with Crippen molar-refractivity contribution >= 4 is 23.2 Å². The minimum absolute atomic E-state index is 0.100. The zero-order valence-electron chi connectivity index (χ0n) is 15.7. The molecule has 0 spiro atoms. The third-order valence-electron chi connectivity index (χ3n) is 5.33. The Labute approximate surface area is 174 Å². The van der Waals surface area contributed by atoms with Crippen LogP contribution in [0.25, 0.3) is 5.69 Å². The third-order valence-corrected chi connectivity index (χ3v) is 5.91. The molecule has 0 N–H and O–H groups in total. The second kappa shape index (κ2) is 8.11. The van der Waals surface area contributed by atoms with E-state index in [2.05, 4.69) is 10.00 Å². The van der Waals surface area contributed by atoms with Crippen molar-refractivity contribution in [3.63, 3.8) is 0 Å². The number of aryl methyl sites for hydroxylation is 1. The van der Waals surface area contributed by atoms with Crippen molar-refractivity contribution in [2.24, 2.45) is 7.05 Å². The van der Waals surface area contributed by atoms with Crippen molar-refractivity contribution < 1.29 is 0 Å². The Bertz CT molecular complexity index is 1020. The summed E-state index contributed by atoms with van der Waals surface area (Å²) in [6.07, 6.45) is 1.91. The van der Waals surface area contributed by atoms with Crippen LogP contribution < -0.4 is 5.69 Å². The average Bonchev–Trinajstić information content (AvgIpc) is 3.00. The van der Waals surface area contributed by atoms with Crippen LogP contribution in [-0.2, 0) is 13.6 Å². The number of aromatic nitrogens is 3. The normalized spacial score (nSPS) is 15.8. The molecule has 1 fully saturated rings. The topological polar surface area (TPSA) is 43.1 Å². The Morgan fingerprint density at radius 1 is 1.07 bits per heavy atom. The van der Waals surface area contributed by atoms with Gasteiger partial charge in [0.25, 0.3) is 0 Å². The van der Waals surface area contributed by atoms with E-state index in [1.807, 2.05) is 42.5 Å². The van der Waals surface area contributed by atoms with E-state index >= 15 is 0 Å². The first-order chi connectivity index (χ1) is 13.5. The van der Waals surface area contributed by atoms with Crippen molar-refractivity contribution in [1.29, 1.82) is 0 Å². The maximum Gasteiger partial charge on any atom is 0.350 e. The minimum atomic E-state index is -0.100. The largest absolute Gasteiger partial charge is 0.350 e. The van der Waals surface area contributed by atoms with Gasteiger partial charge in [0.05, 0.1) is 5.69 Å². The lowest BCUT2D eigenvalue weighted by Gasteiger charge is -2.31. The van der Waals surface area contributed by atoms with Crippen LogP contribution in [0.15, 0.2) is 53.3 Å². The predicted molar refractivity (Wildman–Crippen MR) is 113 cm³/mol. The molecule has 0 saturated carbocycles. The summed E-state index contributed by atoms with van der Waals surface area (Å²) in [7, 11) is 1.71. The van der Waals surface area contributed by atoms with E-state index in [4.69, 9.17) is 23.2 Å². The van der Waals surface area contributed by atoms with Crippen LogP contribution in [0.1, 0.15) is 30.1 Å². The van der Waals surface area contributed by atoms with E-state index in [1.165, 1.54) is 4.68 Å². The molecule has 0 amide bonds. The molecular weight excluding hydrogens is 395 g/mol. The summed E-state index contributed by atoms with van der Waals surface area (Å²) in [5.74, 6) is 1.11. The van der Waals surface area contributed by atoms with Gasteiger partial charge in [-0.05, 0) is 55.8 Å². The number of hydrogen-bond acceptors (Lipinski definition) is 3. The average molecular weight is 417 g/mol. The lowest BCUT2D eigenvalue weighted by Crippen LogP contribution is -2.33. The van der Waals surface area contributed by atoms with Gasteiger partial charge in [-0.25, -0.2) is 14.0 Å². The molecule has 2 aromatic carbocycles. The first-order valence-electron chi connectivity index (χ1n) is 9.40. The van der Waals surface area contributed by atoms with E-state index in [9.17, 15) is 4.79 Å². The molecule has 1 saturated heterocycles. The predicted octanol–water partition coefficient (Wildman–Crippen LogP) is 4.26. The van der Waals surface area contributed by atoms with Crippen LogP contribution in [0.5, 0.6) is 0 Å². The van der Waals surface area contributed by atoms with Crippen LogP contribution in [0.2, 0.25) is 10.0 Å². The number of nitrogens with zero attached hydrogens (tertiary/aromatic N) is 4. The summed E-state index contributed by atoms with van der Waals surface area (Å²) in [4.78, 5) is 15.0. The number of piperidine rings is 1. The highest BCUT2D eigenvalue weighted by Crippen LogP contribution is 2.29. The lowest BCUT2D eigenvalue weighted by molar-refractivity contribution is 0.201. The summed E-state index contributed by atoms with van der Waals surface area (Å²) in [5.41, 5.74) is 1.85. The lowest BCUT2D eigenvalue weighted by atomic mass is 9.95. The fraction of sp³-hybridized carbons (Fsp3) is 0.333. The highest BCUT2D eigenvalue weighted by atomic mass is 35.5. The Kier molecular flexibility index (Phi) is 5.58. The summed E-state index contributed by atoms with van der Waals surface area (Å²) in [6.45, 7) is 2.67. The smallest absolute Gasteiger partial charge is 0.299 e. The third kappa shape index (κ3) is 3.88. The highest BCUT2D eigenvalue weighted by molar-refractivity contribution is 6.35. The van der Waals surface area contributed by atoms with Crippen molar-refractivity contribution in [3.8, 4) is 5.69 Å². The van der Waals surface area contributed by atoms with Crippen molar-refractivity contribution in [2.75, 3.05) is 13.1 Å². The molecule has 0 radical (unpaired) electrons. The zero-order chi connectivity index (χ0) is 19.7. The molecular formula is C21H22Cl2N4O.